The normalized spacial score (nSPS) is 14.7. The molecule has 2 aromatic carbocycles. The Kier molecular flexibility index (Phi) is 6.02. The second kappa shape index (κ2) is 8.28. The third kappa shape index (κ3) is 4.09. The van der Waals surface area contributed by atoms with Gasteiger partial charge in [-0.2, -0.15) is 0 Å². The Balaban J connectivity index is 1.98. The van der Waals surface area contributed by atoms with E-state index in [1.165, 1.54) is 0 Å². The number of carbonyl (C=O) groups is 1. The number of phenolic OH excluding ortho intramolecular Hbond substituents is 1. The number of aromatic hydroxyl groups is 1. The summed E-state index contributed by atoms with van der Waals surface area (Å²) in [6.07, 6.45) is 3.93. The Morgan fingerprint density at radius 3 is 2.74 bits per heavy atom. The van der Waals surface area contributed by atoms with Gasteiger partial charge in [0.2, 0.25) is 5.78 Å². The maximum absolute atomic E-state index is 13.0. The van der Waals surface area contributed by atoms with Crippen molar-refractivity contribution >= 4 is 27.8 Å². The average Bonchev–Trinajstić information content (AvgIpc) is 2.95. The van der Waals surface area contributed by atoms with E-state index in [1.807, 2.05) is 38.2 Å². The number of benzene rings is 2. The Hall–Kier alpha value is -2.11. The fourth-order valence-corrected chi connectivity index (χ4v) is 3.64. The Labute approximate surface area is 168 Å². The number of aryl methyl sites for hydroxylation is 1. The molecule has 0 fully saturated rings. The summed E-state index contributed by atoms with van der Waals surface area (Å²) in [6.45, 7) is 5.43. The van der Waals surface area contributed by atoms with E-state index in [4.69, 9.17) is 4.74 Å². The number of fused-ring (bicyclic) bond motifs is 1. The lowest BCUT2D eigenvalue weighted by Gasteiger charge is -2.19. The number of rotatable bonds is 6. The summed E-state index contributed by atoms with van der Waals surface area (Å²) >= 11 is 3.50. The third-order valence-electron chi connectivity index (χ3n) is 4.73. The van der Waals surface area contributed by atoms with Crippen molar-refractivity contribution in [3.63, 3.8) is 0 Å². The minimum absolute atomic E-state index is 0.143. The van der Waals surface area contributed by atoms with E-state index in [9.17, 15) is 9.90 Å². The van der Waals surface area contributed by atoms with Crippen LogP contribution in [0.15, 0.2) is 40.6 Å². The smallest absolute Gasteiger partial charge is 0.232 e. The number of hydrogen-bond acceptors (Lipinski definition) is 4. The van der Waals surface area contributed by atoms with Crippen molar-refractivity contribution < 1.29 is 14.6 Å². The Morgan fingerprint density at radius 2 is 2.04 bits per heavy atom. The topological polar surface area (TPSA) is 49.8 Å². The molecule has 1 heterocycles. The molecule has 3 rings (SSSR count). The van der Waals surface area contributed by atoms with Crippen molar-refractivity contribution in [2.24, 2.45) is 0 Å². The fraction of sp³-hybridized carbons (Fsp3) is 0.318. The lowest BCUT2D eigenvalue weighted by molar-refractivity contribution is 0.101. The predicted molar refractivity (Wildman–Crippen MR) is 111 cm³/mol. The SMILES string of the molecule is CCCCN(C)Cc1c(O)cc(C)c2c1O/C(=C\c1ccccc1Br)C2=O. The van der Waals surface area contributed by atoms with E-state index in [2.05, 4.69) is 27.8 Å². The minimum atomic E-state index is -0.143. The van der Waals surface area contributed by atoms with Crippen molar-refractivity contribution in [1.82, 2.24) is 4.90 Å². The first-order chi connectivity index (χ1) is 12.9. The number of Topliss-reactive ketones (excluding diaryl/α,β-unsaturated/α-hetero) is 1. The number of ether oxygens (including phenoxy) is 1. The van der Waals surface area contributed by atoms with Crippen LogP contribution in [0.3, 0.4) is 0 Å². The summed E-state index contributed by atoms with van der Waals surface area (Å²) in [5, 5.41) is 10.5. The van der Waals surface area contributed by atoms with Gasteiger partial charge in [0.05, 0.1) is 11.1 Å². The van der Waals surface area contributed by atoms with Crippen molar-refractivity contribution in [2.45, 2.75) is 33.2 Å². The number of nitrogens with zero attached hydrogens (tertiary/aromatic N) is 1. The minimum Gasteiger partial charge on any atom is -0.507 e. The summed E-state index contributed by atoms with van der Waals surface area (Å²) in [5.74, 6) is 0.794. The van der Waals surface area contributed by atoms with Crippen LogP contribution in [0.4, 0.5) is 0 Å². The predicted octanol–water partition coefficient (Wildman–Crippen LogP) is 5.31. The summed E-state index contributed by atoms with van der Waals surface area (Å²) in [7, 11) is 2.01. The molecule has 0 spiro atoms. The van der Waals surface area contributed by atoms with Gasteiger partial charge in [-0.3, -0.25) is 4.79 Å². The van der Waals surface area contributed by atoms with Gasteiger partial charge >= 0.3 is 0 Å². The van der Waals surface area contributed by atoms with E-state index < -0.39 is 0 Å². The lowest BCUT2D eigenvalue weighted by Crippen LogP contribution is -2.19. The zero-order chi connectivity index (χ0) is 19.6. The number of halogens is 1. The largest absolute Gasteiger partial charge is 0.507 e. The highest BCUT2D eigenvalue weighted by atomic mass is 79.9. The van der Waals surface area contributed by atoms with Gasteiger partial charge in [0.15, 0.2) is 5.76 Å². The second-order valence-electron chi connectivity index (χ2n) is 6.95. The quantitative estimate of drug-likeness (QED) is 0.631. The molecule has 0 radical (unpaired) electrons. The van der Waals surface area contributed by atoms with Gasteiger partial charge in [0.1, 0.15) is 11.5 Å². The van der Waals surface area contributed by atoms with Gasteiger partial charge in [-0.15, -0.1) is 0 Å². The molecular formula is C22H24BrNO3. The molecule has 0 amide bonds. The Morgan fingerprint density at radius 1 is 1.30 bits per heavy atom. The van der Waals surface area contributed by atoms with Crippen molar-refractivity contribution in [1.29, 1.82) is 0 Å². The molecule has 142 valence electrons. The summed E-state index contributed by atoms with van der Waals surface area (Å²) in [5.41, 5.74) is 2.81. The zero-order valence-electron chi connectivity index (χ0n) is 15.9. The molecule has 1 aliphatic heterocycles. The van der Waals surface area contributed by atoms with Gasteiger partial charge in [-0.1, -0.05) is 47.5 Å². The number of phenols is 1. The average molecular weight is 430 g/mol. The summed E-state index contributed by atoms with van der Waals surface area (Å²) in [6, 6.07) is 9.33. The van der Waals surface area contributed by atoms with Crippen LogP contribution >= 0.6 is 15.9 Å². The number of unbranched alkanes of at least 4 members (excludes halogenated alkanes) is 1. The molecule has 4 nitrogen and oxygen atoms in total. The Bertz CT molecular complexity index is 905. The third-order valence-corrected chi connectivity index (χ3v) is 5.46. The van der Waals surface area contributed by atoms with Crippen molar-refractivity contribution in [3.8, 4) is 11.5 Å². The molecular weight excluding hydrogens is 406 g/mol. The van der Waals surface area contributed by atoms with Gasteiger partial charge in [-0.25, -0.2) is 0 Å². The number of hydrogen-bond donors (Lipinski definition) is 1. The van der Waals surface area contributed by atoms with Crippen LogP contribution in [0.1, 0.15) is 46.8 Å². The van der Waals surface area contributed by atoms with E-state index in [0.717, 1.165) is 35.0 Å². The molecule has 0 bridgehead atoms. The summed E-state index contributed by atoms with van der Waals surface area (Å²) in [4.78, 5) is 15.1. The summed E-state index contributed by atoms with van der Waals surface area (Å²) < 4.78 is 6.87. The maximum Gasteiger partial charge on any atom is 0.232 e. The standard InChI is InChI=1S/C22H24BrNO3/c1-4-5-10-24(3)13-16-18(25)11-14(2)20-21(26)19(27-22(16)20)12-15-8-6-7-9-17(15)23/h6-9,11-12,25H,4-5,10,13H2,1-3H3/b19-12-. The highest BCUT2D eigenvalue weighted by Crippen LogP contribution is 2.42. The molecule has 0 unspecified atom stereocenters. The van der Waals surface area contributed by atoms with Crippen LogP contribution in [-0.2, 0) is 6.54 Å². The van der Waals surface area contributed by atoms with Gasteiger partial charge < -0.3 is 14.7 Å². The molecule has 5 heteroatoms. The second-order valence-corrected chi connectivity index (χ2v) is 7.80. The molecule has 0 aromatic heterocycles. The van der Waals surface area contributed by atoms with Crippen LogP contribution in [-0.4, -0.2) is 29.4 Å². The number of carbonyl (C=O) groups excluding carboxylic acids is 1. The molecule has 1 N–H and O–H groups in total. The molecule has 0 saturated heterocycles. The van der Waals surface area contributed by atoms with E-state index in [1.54, 1.807) is 12.1 Å². The lowest BCUT2D eigenvalue weighted by atomic mass is 9.99. The van der Waals surface area contributed by atoms with Gasteiger partial charge in [0, 0.05) is 11.0 Å². The van der Waals surface area contributed by atoms with Crippen LogP contribution in [0.2, 0.25) is 0 Å². The van der Waals surface area contributed by atoms with Crippen LogP contribution in [0.5, 0.6) is 11.5 Å². The first-order valence-corrected chi connectivity index (χ1v) is 9.94. The fourth-order valence-electron chi connectivity index (χ4n) is 3.24. The van der Waals surface area contributed by atoms with E-state index in [0.29, 0.717) is 23.4 Å². The van der Waals surface area contributed by atoms with Crippen LogP contribution in [0, 0.1) is 6.92 Å². The zero-order valence-corrected chi connectivity index (χ0v) is 17.5. The monoisotopic (exact) mass is 429 g/mol. The molecule has 0 aliphatic carbocycles. The number of ketones is 1. The molecule has 27 heavy (non-hydrogen) atoms. The van der Waals surface area contributed by atoms with Gasteiger partial charge in [-0.05, 0) is 56.3 Å². The highest BCUT2D eigenvalue weighted by molar-refractivity contribution is 9.10. The van der Waals surface area contributed by atoms with E-state index in [-0.39, 0.29) is 17.3 Å². The molecule has 0 saturated carbocycles. The molecule has 2 aromatic rings. The van der Waals surface area contributed by atoms with Crippen molar-refractivity contribution in [3.05, 3.63) is 62.8 Å². The molecule has 0 atom stereocenters. The van der Waals surface area contributed by atoms with E-state index >= 15 is 0 Å². The van der Waals surface area contributed by atoms with Crippen LogP contribution < -0.4 is 4.74 Å². The highest BCUT2D eigenvalue weighted by Gasteiger charge is 2.33. The van der Waals surface area contributed by atoms with Crippen LogP contribution in [0.25, 0.3) is 6.08 Å². The first kappa shape index (κ1) is 19.6. The van der Waals surface area contributed by atoms with Crippen molar-refractivity contribution in [2.75, 3.05) is 13.6 Å². The first-order valence-electron chi connectivity index (χ1n) is 9.15. The van der Waals surface area contributed by atoms with Gasteiger partial charge in [0.25, 0.3) is 0 Å². The number of allylic oxidation sites excluding steroid dienone is 1. The molecule has 1 aliphatic rings. The maximum atomic E-state index is 13.0.